The number of anilines is 1. The predicted octanol–water partition coefficient (Wildman–Crippen LogP) is -0.0625. The Morgan fingerprint density at radius 2 is 2.19 bits per heavy atom. The second kappa shape index (κ2) is 5.41. The largest absolute Gasteiger partial charge is 0.365 e. The number of amides is 1. The maximum Gasteiger partial charge on any atom is 0.273 e. The summed E-state index contributed by atoms with van der Waals surface area (Å²) in [6.45, 7) is 2.46. The summed E-state index contributed by atoms with van der Waals surface area (Å²) in [6, 6.07) is 3.49. The van der Waals surface area contributed by atoms with Crippen LogP contribution >= 0.6 is 0 Å². The number of nitrogens with one attached hydrogen (secondary N) is 1. The van der Waals surface area contributed by atoms with Gasteiger partial charge in [-0.3, -0.25) is 4.79 Å². The van der Waals surface area contributed by atoms with Crippen LogP contribution < -0.4 is 11.1 Å². The van der Waals surface area contributed by atoms with Gasteiger partial charge in [-0.05, 0) is 19.1 Å². The van der Waals surface area contributed by atoms with Crippen molar-refractivity contribution in [2.45, 2.75) is 13.0 Å². The van der Waals surface area contributed by atoms with E-state index in [1.165, 1.54) is 4.90 Å². The fourth-order valence-corrected chi connectivity index (χ4v) is 1.06. The van der Waals surface area contributed by atoms with Crippen LogP contribution in [0.5, 0.6) is 0 Å². The van der Waals surface area contributed by atoms with E-state index in [9.17, 15) is 4.79 Å². The van der Waals surface area contributed by atoms with Gasteiger partial charge in [0, 0.05) is 26.7 Å². The van der Waals surface area contributed by atoms with Crippen LogP contribution in [0.2, 0.25) is 0 Å². The zero-order chi connectivity index (χ0) is 12.1. The van der Waals surface area contributed by atoms with Crippen molar-refractivity contribution in [1.82, 2.24) is 15.1 Å². The average Bonchev–Trinajstić information content (AvgIpc) is 2.28. The van der Waals surface area contributed by atoms with E-state index in [-0.39, 0.29) is 11.9 Å². The molecule has 1 aromatic heterocycles. The molecule has 0 aliphatic rings. The van der Waals surface area contributed by atoms with Crippen LogP contribution in [0.4, 0.5) is 5.82 Å². The second-order valence-corrected chi connectivity index (χ2v) is 3.78. The van der Waals surface area contributed by atoms with E-state index >= 15 is 0 Å². The van der Waals surface area contributed by atoms with Gasteiger partial charge in [0.1, 0.15) is 5.82 Å². The standard InChI is InChI=1S/C10H17N5O/c1-7(6-11)12-9-5-4-8(13-14-9)10(16)15(2)3/h4-5,7H,6,11H2,1-3H3,(H,12,14). The fourth-order valence-electron chi connectivity index (χ4n) is 1.06. The van der Waals surface area contributed by atoms with E-state index in [1.54, 1.807) is 26.2 Å². The molecule has 6 nitrogen and oxygen atoms in total. The molecule has 0 fully saturated rings. The minimum Gasteiger partial charge on any atom is -0.365 e. The number of hydrogen-bond acceptors (Lipinski definition) is 5. The highest BCUT2D eigenvalue weighted by atomic mass is 16.2. The lowest BCUT2D eigenvalue weighted by molar-refractivity contribution is 0.0821. The van der Waals surface area contributed by atoms with Gasteiger partial charge in [-0.1, -0.05) is 0 Å². The van der Waals surface area contributed by atoms with E-state index in [2.05, 4.69) is 15.5 Å². The van der Waals surface area contributed by atoms with Gasteiger partial charge in [0.05, 0.1) is 0 Å². The van der Waals surface area contributed by atoms with Crippen molar-refractivity contribution < 1.29 is 4.79 Å². The lowest BCUT2D eigenvalue weighted by Crippen LogP contribution is -2.26. The zero-order valence-corrected chi connectivity index (χ0v) is 9.77. The molecule has 16 heavy (non-hydrogen) atoms. The van der Waals surface area contributed by atoms with E-state index < -0.39 is 0 Å². The summed E-state index contributed by atoms with van der Waals surface area (Å²) in [5.41, 5.74) is 5.80. The third-order valence-corrected chi connectivity index (χ3v) is 2.04. The van der Waals surface area contributed by atoms with Crippen LogP contribution in [0.25, 0.3) is 0 Å². The van der Waals surface area contributed by atoms with Crippen molar-refractivity contribution in [3.63, 3.8) is 0 Å². The van der Waals surface area contributed by atoms with Gasteiger partial charge in [-0.25, -0.2) is 0 Å². The molecule has 0 spiro atoms. The van der Waals surface area contributed by atoms with Crippen LogP contribution in [-0.2, 0) is 0 Å². The predicted molar refractivity (Wildman–Crippen MR) is 62.2 cm³/mol. The summed E-state index contributed by atoms with van der Waals surface area (Å²) < 4.78 is 0. The van der Waals surface area contributed by atoms with Crippen LogP contribution in [0, 0.1) is 0 Å². The molecule has 0 radical (unpaired) electrons. The van der Waals surface area contributed by atoms with Crippen molar-refractivity contribution in [3.8, 4) is 0 Å². The molecule has 0 saturated carbocycles. The van der Waals surface area contributed by atoms with E-state index in [0.29, 0.717) is 18.1 Å². The van der Waals surface area contributed by atoms with Crippen molar-refractivity contribution in [3.05, 3.63) is 17.8 Å². The topological polar surface area (TPSA) is 84.1 Å². The highest BCUT2D eigenvalue weighted by Gasteiger charge is 2.10. The highest BCUT2D eigenvalue weighted by molar-refractivity contribution is 5.91. The van der Waals surface area contributed by atoms with Gasteiger partial charge in [0.15, 0.2) is 5.69 Å². The Morgan fingerprint density at radius 3 is 2.62 bits per heavy atom. The number of aromatic nitrogens is 2. The number of nitrogens with two attached hydrogens (primary N) is 1. The SMILES string of the molecule is CC(CN)Nc1ccc(C(=O)N(C)C)nn1. The molecule has 0 bridgehead atoms. The third kappa shape index (κ3) is 3.16. The van der Waals surface area contributed by atoms with E-state index in [0.717, 1.165) is 0 Å². The van der Waals surface area contributed by atoms with Crippen molar-refractivity contribution in [2.75, 3.05) is 26.0 Å². The number of rotatable bonds is 4. The summed E-state index contributed by atoms with van der Waals surface area (Å²) in [6.07, 6.45) is 0. The van der Waals surface area contributed by atoms with Gasteiger partial charge in [-0.2, -0.15) is 0 Å². The Labute approximate surface area is 94.8 Å². The van der Waals surface area contributed by atoms with Crippen molar-refractivity contribution in [2.24, 2.45) is 5.73 Å². The van der Waals surface area contributed by atoms with Gasteiger partial charge in [0.25, 0.3) is 5.91 Å². The number of nitrogens with zero attached hydrogens (tertiary/aromatic N) is 3. The van der Waals surface area contributed by atoms with Crippen molar-refractivity contribution in [1.29, 1.82) is 0 Å². The Hall–Kier alpha value is -1.69. The summed E-state index contributed by atoms with van der Waals surface area (Å²) >= 11 is 0. The quantitative estimate of drug-likeness (QED) is 0.747. The molecular formula is C10H17N5O. The molecule has 6 heteroatoms. The molecule has 1 heterocycles. The molecule has 1 rings (SSSR count). The third-order valence-electron chi connectivity index (χ3n) is 2.04. The molecule has 0 saturated heterocycles. The van der Waals surface area contributed by atoms with Crippen LogP contribution in [-0.4, -0.2) is 47.7 Å². The monoisotopic (exact) mass is 223 g/mol. The first kappa shape index (κ1) is 12.4. The fraction of sp³-hybridized carbons (Fsp3) is 0.500. The summed E-state index contributed by atoms with van der Waals surface area (Å²) in [5, 5.41) is 10.8. The van der Waals surface area contributed by atoms with Crippen molar-refractivity contribution >= 4 is 11.7 Å². The maximum atomic E-state index is 11.5. The second-order valence-electron chi connectivity index (χ2n) is 3.78. The Kier molecular flexibility index (Phi) is 4.19. The minimum atomic E-state index is -0.161. The number of hydrogen-bond donors (Lipinski definition) is 2. The average molecular weight is 223 g/mol. The van der Waals surface area contributed by atoms with Gasteiger partial charge < -0.3 is 16.0 Å². The Morgan fingerprint density at radius 1 is 1.50 bits per heavy atom. The number of carbonyl (C=O) groups excluding carboxylic acids is 1. The van der Waals surface area contributed by atoms with Gasteiger partial charge in [-0.15, -0.1) is 10.2 Å². The molecule has 1 aromatic rings. The van der Waals surface area contributed by atoms with Crippen LogP contribution in [0.15, 0.2) is 12.1 Å². The van der Waals surface area contributed by atoms with E-state index in [4.69, 9.17) is 5.73 Å². The minimum absolute atomic E-state index is 0.129. The molecule has 0 aliphatic carbocycles. The highest BCUT2D eigenvalue weighted by Crippen LogP contribution is 2.04. The van der Waals surface area contributed by atoms with Crippen LogP contribution in [0.3, 0.4) is 0 Å². The summed E-state index contributed by atoms with van der Waals surface area (Å²) in [5.74, 6) is 0.458. The Balaban J connectivity index is 2.71. The first-order chi connectivity index (χ1) is 7.54. The number of carbonyl (C=O) groups is 1. The first-order valence-electron chi connectivity index (χ1n) is 5.06. The lowest BCUT2D eigenvalue weighted by atomic mass is 10.3. The first-order valence-corrected chi connectivity index (χ1v) is 5.06. The van der Waals surface area contributed by atoms with E-state index in [1.807, 2.05) is 6.92 Å². The van der Waals surface area contributed by atoms with Crippen LogP contribution in [0.1, 0.15) is 17.4 Å². The summed E-state index contributed by atoms with van der Waals surface area (Å²) in [7, 11) is 3.35. The zero-order valence-electron chi connectivity index (χ0n) is 9.77. The maximum absolute atomic E-state index is 11.5. The molecule has 1 amide bonds. The smallest absolute Gasteiger partial charge is 0.273 e. The Bertz CT molecular complexity index is 349. The molecule has 88 valence electrons. The molecule has 0 aromatic carbocycles. The van der Waals surface area contributed by atoms with Gasteiger partial charge in [0.2, 0.25) is 0 Å². The molecule has 3 N–H and O–H groups in total. The normalized spacial score (nSPS) is 12.0. The molecule has 1 unspecified atom stereocenters. The van der Waals surface area contributed by atoms with Gasteiger partial charge >= 0.3 is 0 Å². The molecular weight excluding hydrogens is 206 g/mol. The summed E-state index contributed by atoms with van der Waals surface area (Å²) in [4.78, 5) is 13.0. The molecule has 0 aliphatic heterocycles. The lowest BCUT2D eigenvalue weighted by Gasteiger charge is -2.12. The molecule has 1 atom stereocenters.